The van der Waals surface area contributed by atoms with Crippen LogP contribution in [0.25, 0.3) is 0 Å². The molecular formula is C18H21FN2O3S. The van der Waals surface area contributed by atoms with Crippen LogP contribution in [0.4, 0.5) is 10.1 Å². The number of carbonyl (C=O) groups is 1. The van der Waals surface area contributed by atoms with Crippen molar-refractivity contribution < 1.29 is 17.6 Å². The first-order valence-electron chi connectivity index (χ1n) is 7.80. The van der Waals surface area contributed by atoms with E-state index in [0.29, 0.717) is 0 Å². The van der Waals surface area contributed by atoms with E-state index < -0.39 is 27.8 Å². The van der Waals surface area contributed by atoms with Crippen LogP contribution in [0.15, 0.2) is 54.6 Å². The molecule has 0 radical (unpaired) electrons. The lowest BCUT2D eigenvalue weighted by Gasteiger charge is -2.29. The van der Waals surface area contributed by atoms with Crippen molar-refractivity contribution in [2.75, 3.05) is 10.6 Å². The van der Waals surface area contributed by atoms with E-state index in [1.54, 1.807) is 0 Å². The van der Waals surface area contributed by atoms with Gasteiger partial charge >= 0.3 is 0 Å². The summed E-state index contributed by atoms with van der Waals surface area (Å²) in [5.41, 5.74) is 1.15. The average molecular weight is 364 g/mol. The maximum Gasteiger partial charge on any atom is 0.244 e. The van der Waals surface area contributed by atoms with Crippen molar-refractivity contribution in [3.63, 3.8) is 0 Å². The van der Waals surface area contributed by atoms with Crippen molar-refractivity contribution in [1.82, 2.24) is 5.32 Å². The van der Waals surface area contributed by atoms with Gasteiger partial charge in [0.25, 0.3) is 0 Å². The highest BCUT2D eigenvalue weighted by molar-refractivity contribution is 7.92. The highest BCUT2D eigenvalue weighted by Crippen LogP contribution is 2.22. The van der Waals surface area contributed by atoms with Crippen LogP contribution in [0, 0.1) is 5.82 Å². The number of sulfonamides is 1. The molecule has 0 spiro atoms. The number of carbonyl (C=O) groups excluding carboxylic acids is 1. The van der Waals surface area contributed by atoms with Crippen LogP contribution >= 0.6 is 0 Å². The van der Waals surface area contributed by atoms with Gasteiger partial charge in [-0.15, -0.1) is 0 Å². The van der Waals surface area contributed by atoms with Crippen LogP contribution in [-0.2, 0) is 14.8 Å². The zero-order chi connectivity index (χ0) is 18.6. The number of benzene rings is 2. The van der Waals surface area contributed by atoms with Crippen molar-refractivity contribution in [1.29, 1.82) is 0 Å². The second kappa shape index (κ2) is 7.65. The van der Waals surface area contributed by atoms with Gasteiger partial charge in [0.05, 0.1) is 18.0 Å². The topological polar surface area (TPSA) is 66.5 Å². The van der Waals surface area contributed by atoms with Gasteiger partial charge in [-0.2, -0.15) is 0 Å². The van der Waals surface area contributed by atoms with E-state index in [-0.39, 0.29) is 11.7 Å². The molecule has 2 atom stereocenters. The molecule has 0 saturated carbocycles. The molecule has 2 unspecified atom stereocenters. The minimum absolute atomic E-state index is 0.235. The predicted octanol–water partition coefficient (Wildman–Crippen LogP) is 2.86. The van der Waals surface area contributed by atoms with Crippen molar-refractivity contribution >= 4 is 21.6 Å². The number of anilines is 1. The lowest BCUT2D eigenvalue weighted by atomic mass is 10.1. The van der Waals surface area contributed by atoms with Crippen LogP contribution in [0.2, 0.25) is 0 Å². The molecule has 7 heteroatoms. The molecule has 25 heavy (non-hydrogen) atoms. The molecule has 0 aliphatic carbocycles. The van der Waals surface area contributed by atoms with E-state index in [1.165, 1.54) is 19.1 Å². The van der Waals surface area contributed by atoms with Gasteiger partial charge in [-0.05, 0) is 43.7 Å². The largest absolute Gasteiger partial charge is 0.348 e. The number of hydrogen-bond donors (Lipinski definition) is 1. The summed E-state index contributed by atoms with van der Waals surface area (Å²) in [6.07, 6.45) is 1.01. The Morgan fingerprint density at radius 1 is 1.04 bits per heavy atom. The minimum atomic E-state index is -3.73. The Bertz CT molecular complexity index is 823. The van der Waals surface area contributed by atoms with E-state index in [0.717, 1.165) is 28.3 Å². The molecule has 1 N–H and O–H groups in total. The number of halogens is 1. The zero-order valence-electron chi connectivity index (χ0n) is 14.3. The second-order valence-corrected chi connectivity index (χ2v) is 7.71. The summed E-state index contributed by atoms with van der Waals surface area (Å²) in [5.74, 6) is -0.918. The van der Waals surface area contributed by atoms with Gasteiger partial charge in [-0.3, -0.25) is 9.10 Å². The number of nitrogens with zero attached hydrogens (tertiary/aromatic N) is 1. The van der Waals surface area contributed by atoms with Crippen molar-refractivity contribution in [3.8, 4) is 0 Å². The van der Waals surface area contributed by atoms with Gasteiger partial charge < -0.3 is 5.32 Å². The molecular weight excluding hydrogens is 343 g/mol. The minimum Gasteiger partial charge on any atom is -0.348 e. The zero-order valence-corrected chi connectivity index (χ0v) is 15.1. The van der Waals surface area contributed by atoms with Gasteiger partial charge in [0.15, 0.2) is 0 Å². The highest BCUT2D eigenvalue weighted by atomic mass is 32.2. The SMILES string of the molecule is CC(NC(=O)C(C)N(c1ccc(F)cc1)S(C)(=O)=O)c1ccccc1. The van der Waals surface area contributed by atoms with Gasteiger partial charge in [-0.1, -0.05) is 30.3 Å². The fourth-order valence-electron chi connectivity index (χ4n) is 2.56. The van der Waals surface area contributed by atoms with Crippen LogP contribution in [0.5, 0.6) is 0 Å². The first-order chi connectivity index (χ1) is 11.7. The molecule has 1 amide bonds. The number of amides is 1. The fourth-order valence-corrected chi connectivity index (χ4v) is 3.73. The van der Waals surface area contributed by atoms with Gasteiger partial charge in [0, 0.05) is 0 Å². The standard InChI is InChI=1S/C18H21FN2O3S/c1-13(15-7-5-4-6-8-15)20-18(22)14(2)21(25(3,23)24)17-11-9-16(19)10-12-17/h4-14H,1-3H3,(H,20,22). The van der Waals surface area contributed by atoms with E-state index >= 15 is 0 Å². The summed E-state index contributed by atoms with van der Waals surface area (Å²) in [6.45, 7) is 3.32. The number of hydrogen-bond acceptors (Lipinski definition) is 3. The Kier molecular flexibility index (Phi) is 5.79. The Morgan fingerprint density at radius 2 is 1.60 bits per heavy atom. The van der Waals surface area contributed by atoms with Crippen molar-refractivity contribution in [2.24, 2.45) is 0 Å². The van der Waals surface area contributed by atoms with Crippen molar-refractivity contribution in [3.05, 3.63) is 66.0 Å². The predicted molar refractivity (Wildman–Crippen MR) is 96.2 cm³/mol. The molecule has 134 valence electrons. The van der Waals surface area contributed by atoms with E-state index in [1.807, 2.05) is 37.3 Å². The fraction of sp³-hybridized carbons (Fsp3) is 0.278. The molecule has 0 aromatic heterocycles. The summed E-state index contributed by atoms with van der Waals surface area (Å²) in [4.78, 5) is 12.6. The second-order valence-electron chi connectivity index (χ2n) is 5.85. The van der Waals surface area contributed by atoms with Crippen LogP contribution in [0.3, 0.4) is 0 Å². The average Bonchev–Trinajstić information content (AvgIpc) is 2.56. The lowest BCUT2D eigenvalue weighted by molar-refractivity contribution is -0.122. The third kappa shape index (κ3) is 4.79. The molecule has 0 aliphatic rings. The van der Waals surface area contributed by atoms with E-state index in [9.17, 15) is 17.6 Å². The Hall–Kier alpha value is -2.41. The molecule has 0 aliphatic heterocycles. The number of rotatable bonds is 6. The van der Waals surface area contributed by atoms with Crippen LogP contribution in [0.1, 0.15) is 25.5 Å². The first-order valence-corrected chi connectivity index (χ1v) is 9.65. The maximum atomic E-state index is 13.1. The quantitative estimate of drug-likeness (QED) is 0.857. The van der Waals surface area contributed by atoms with Gasteiger partial charge in [-0.25, -0.2) is 12.8 Å². The normalized spacial score (nSPS) is 13.8. The first kappa shape index (κ1) is 18.9. The smallest absolute Gasteiger partial charge is 0.244 e. The Labute approximate surface area is 147 Å². The molecule has 2 aromatic rings. The third-order valence-electron chi connectivity index (χ3n) is 3.83. The van der Waals surface area contributed by atoms with Crippen molar-refractivity contribution in [2.45, 2.75) is 25.9 Å². The summed E-state index contributed by atoms with van der Waals surface area (Å²) in [7, 11) is -3.73. The van der Waals surface area contributed by atoms with E-state index in [2.05, 4.69) is 5.32 Å². The number of nitrogens with one attached hydrogen (secondary N) is 1. The molecule has 0 saturated heterocycles. The van der Waals surface area contributed by atoms with Crippen LogP contribution in [-0.4, -0.2) is 26.6 Å². The summed E-state index contributed by atoms with van der Waals surface area (Å²) in [6, 6.07) is 13.1. The lowest BCUT2D eigenvalue weighted by Crippen LogP contribution is -2.48. The molecule has 5 nitrogen and oxygen atoms in total. The molecule has 0 bridgehead atoms. The summed E-state index contributed by atoms with van der Waals surface area (Å²) >= 11 is 0. The van der Waals surface area contributed by atoms with Gasteiger partial charge in [0.2, 0.25) is 15.9 Å². The maximum absolute atomic E-state index is 13.1. The molecule has 0 heterocycles. The Balaban J connectivity index is 2.23. The summed E-state index contributed by atoms with van der Waals surface area (Å²) in [5, 5.41) is 2.81. The van der Waals surface area contributed by atoms with E-state index in [4.69, 9.17) is 0 Å². The molecule has 0 fully saturated rings. The molecule has 2 aromatic carbocycles. The summed E-state index contributed by atoms with van der Waals surface area (Å²) < 4.78 is 38.4. The Morgan fingerprint density at radius 3 is 2.12 bits per heavy atom. The third-order valence-corrected chi connectivity index (χ3v) is 5.07. The highest BCUT2D eigenvalue weighted by Gasteiger charge is 2.29. The molecule has 2 rings (SSSR count). The monoisotopic (exact) mass is 364 g/mol. The van der Waals surface area contributed by atoms with Crippen LogP contribution < -0.4 is 9.62 Å². The van der Waals surface area contributed by atoms with Gasteiger partial charge in [0.1, 0.15) is 11.9 Å².